The van der Waals surface area contributed by atoms with E-state index < -0.39 is 5.95 Å². The summed E-state index contributed by atoms with van der Waals surface area (Å²) in [6.45, 7) is 1.81. The molecule has 3 nitrogen and oxygen atoms in total. The molecule has 0 atom stereocenters. The second-order valence-corrected chi connectivity index (χ2v) is 2.82. The lowest BCUT2D eigenvalue weighted by molar-refractivity contribution is 0.112. The van der Waals surface area contributed by atoms with Gasteiger partial charge in [0.25, 0.3) is 0 Å². The van der Waals surface area contributed by atoms with Gasteiger partial charge in [-0.15, -0.1) is 0 Å². The minimum absolute atomic E-state index is 0.414. The number of aryl methyl sites for hydroxylation is 1. The highest BCUT2D eigenvalue weighted by atomic mass is 19.1. The molecule has 0 unspecified atom stereocenters. The molecule has 2 aromatic heterocycles. The average Bonchev–Trinajstić information content (AvgIpc) is 2.56. The van der Waals surface area contributed by atoms with Crippen molar-refractivity contribution in [1.29, 1.82) is 0 Å². The minimum atomic E-state index is -0.464. The van der Waals surface area contributed by atoms with Crippen LogP contribution in [0.25, 0.3) is 5.52 Å². The number of carbonyl (C=O) groups excluding carboxylic acids is 1. The molecule has 0 aliphatic rings. The van der Waals surface area contributed by atoms with Gasteiger partial charge in [0, 0.05) is 0 Å². The number of rotatable bonds is 1. The first-order valence-electron chi connectivity index (χ1n) is 3.82. The molecule has 4 heteroatoms. The van der Waals surface area contributed by atoms with E-state index in [4.69, 9.17) is 0 Å². The van der Waals surface area contributed by atoms with Gasteiger partial charge in [0.2, 0.25) is 5.95 Å². The SMILES string of the molecule is Cc1ccc(F)n2ncc(C=O)c12. The lowest BCUT2D eigenvalue weighted by Gasteiger charge is -1.98. The Morgan fingerprint density at radius 2 is 2.31 bits per heavy atom. The molecule has 0 fully saturated rings. The molecule has 0 radical (unpaired) electrons. The Hall–Kier alpha value is -1.71. The van der Waals surface area contributed by atoms with E-state index in [1.807, 2.05) is 6.92 Å². The smallest absolute Gasteiger partial charge is 0.214 e. The second-order valence-electron chi connectivity index (χ2n) is 2.82. The van der Waals surface area contributed by atoms with Crippen LogP contribution in [-0.4, -0.2) is 15.9 Å². The Morgan fingerprint density at radius 1 is 1.54 bits per heavy atom. The monoisotopic (exact) mass is 178 g/mol. The zero-order valence-electron chi connectivity index (χ0n) is 6.99. The van der Waals surface area contributed by atoms with Crippen molar-refractivity contribution >= 4 is 11.8 Å². The molecule has 0 bridgehead atoms. The van der Waals surface area contributed by atoms with Gasteiger partial charge in [-0.05, 0) is 18.6 Å². The third-order valence-electron chi connectivity index (χ3n) is 1.97. The molecule has 0 amide bonds. The summed E-state index contributed by atoms with van der Waals surface area (Å²) in [7, 11) is 0. The van der Waals surface area contributed by atoms with Crippen LogP contribution in [0.1, 0.15) is 15.9 Å². The molecule has 2 aromatic rings. The number of aldehydes is 1. The third kappa shape index (κ3) is 1.02. The van der Waals surface area contributed by atoms with Gasteiger partial charge in [-0.1, -0.05) is 6.07 Å². The van der Waals surface area contributed by atoms with Gasteiger partial charge in [-0.2, -0.15) is 9.49 Å². The van der Waals surface area contributed by atoms with Crippen LogP contribution in [0.4, 0.5) is 4.39 Å². The van der Waals surface area contributed by atoms with Gasteiger partial charge in [-0.25, -0.2) is 4.52 Å². The first kappa shape index (κ1) is 7.91. The molecule has 2 rings (SSSR count). The highest BCUT2D eigenvalue weighted by molar-refractivity contribution is 5.87. The zero-order valence-corrected chi connectivity index (χ0v) is 6.99. The lowest BCUT2D eigenvalue weighted by atomic mass is 10.2. The van der Waals surface area contributed by atoms with E-state index in [1.54, 1.807) is 6.07 Å². The van der Waals surface area contributed by atoms with Crippen LogP contribution in [0.5, 0.6) is 0 Å². The summed E-state index contributed by atoms with van der Waals surface area (Å²) in [5.41, 5.74) is 1.79. The summed E-state index contributed by atoms with van der Waals surface area (Å²) in [4.78, 5) is 10.6. The maximum Gasteiger partial charge on any atom is 0.214 e. The van der Waals surface area contributed by atoms with Gasteiger partial charge in [-0.3, -0.25) is 4.79 Å². The predicted molar refractivity (Wildman–Crippen MR) is 45.3 cm³/mol. The van der Waals surface area contributed by atoms with Crippen molar-refractivity contribution in [2.45, 2.75) is 6.92 Å². The van der Waals surface area contributed by atoms with Crippen molar-refractivity contribution in [3.05, 3.63) is 35.4 Å². The molecular weight excluding hydrogens is 171 g/mol. The second kappa shape index (κ2) is 2.65. The van der Waals surface area contributed by atoms with E-state index in [9.17, 15) is 9.18 Å². The summed E-state index contributed by atoms with van der Waals surface area (Å²) < 4.78 is 14.2. The Bertz CT molecular complexity index is 476. The van der Waals surface area contributed by atoms with Crippen molar-refractivity contribution in [2.24, 2.45) is 0 Å². The van der Waals surface area contributed by atoms with Gasteiger partial charge in [0.05, 0.1) is 17.3 Å². The molecule has 0 aromatic carbocycles. The van der Waals surface area contributed by atoms with Crippen LogP contribution in [0.2, 0.25) is 0 Å². The van der Waals surface area contributed by atoms with Crippen LogP contribution in [0.3, 0.4) is 0 Å². The lowest BCUT2D eigenvalue weighted by Crippen LogP contribution is -1.95. The average molecular weight is 178 g/mol. The summed E-state index contributed by atoms with van der Waals surface area (Å²) in [6, 6.07) is 2.95. The number of carbonyl (C=O) groups is 1. The minimum Gasteiger partial charge on any atom is -0.298 e. The first-order valence-corrected chi connectivity index (χ1v) is 3.82. The van der Waals surface area contributed by atoms with Crippen molar-refractivity contribution < 1.29 is 9.18 Å². The van der Waals surface area contributed by atoms with Gasteiger partial charge >= 0.3 is 0 Å². The summed E-state index contributed by atoms with van der Waals surface area (Å²) >= 11 is 0. The molecule has 66 valence electrons. The Labute approximate surface area is 73.8 Å². The standard InChI is InChI=1S/C9H7FN2O/c1-6-2-3-8(10)12-9(6)7(5-13)4-11-12/h2-5H,1H3. The third-order valence-corrected chi connectivity index (χ3v) is 1.97. The molecule has 0 spiro atoms. The number of nitrogens with zero attached hydrogens (tertiary/aromatic N) is 2. The van der Waals surface area contributed by atoms with E-state index in [-0.39, 0.29) is 0 Å². The van der Waals surface area contributed by atoms with Crippen LogP contribution in [-0.2, 0) is 0 Å². The molecule has 0 aliphatic heterocycles. The normalized spacial score (nSPS) is 10.6. The van der Waals surface area contributed by atoms with E-state index in [0.717, 1.165) is 10.1 Å². The van der Waals surface area contributed by atoms with Crippen molar-refractivity contribution in [3.63, 3.8) is 0 Å². The summed E-state index contributed by atoms with van der Waals surface area (Å²) in [5, 5.41) is 3.76. The topological polar surface area (TPSA) is 34.4 Å². The fourth-order valence-corrected chi connectivity index (χ4v) is 1.35. The maximum atomic E-state index is 13.1. The van der Waals surface area contributed by atoms with Crippen LogP contribution in [0.15, 0.2) is 18.3 Å². The quantitative estimate of drug-likeness (QED) is 0.491. The largest absolute Gasteiger partial charge is 0.298 e. The van der Waals surface area contributed by atoms with Gasteiger partial charge in [0.15, 0.2) is 6.29 Å². The Balaban J connectivity index is 2.95. The Kier molecular flexibility index (Phi) is 1.62. The molecule has 13 heavy (non-hydrogen) atoms. The maximum absolute atomic E-state index is 13.1. The van der Waals surface area contributed by atoms with E-state index >= 15 is 0 Å². The molecular formula is C9H7FN2O. The predicted octanol–water partition coefficient (Wildman–Crippen LogP) is 1.59. The molecule has 0 aliphatic carbocycles. The number of pyridine rings is 1. The van der Waals surface area contributed by atoms with Crippen molar-refractivity contribution in [1.82, 2.24) is 9.61 Å². The van der Waals surface area contributed by atoms with Crippen LogP contribution >= 0.6 is 0 Å². The highest BCUT2D eigenvalue weighted by Crippen LogP contribution is 2.14. The molecule has 0 saturated heterocycles. The number of aromatic nitrogens is 2. The van der Waals surface area contributed by atoms with Gasteiger partial charge < -0.3 is 0 Å². The summed E-state index contributed by atoms with van der Waals surface area (Å²) in [6.07, 6.45) is 2.03. The zero-order chi connectivity index (χ0) is 9.42. The first-order chi connectivity index (χ1) is 6.24. The number of hydrogen-bond donors (Lipinski definition) is 0. The molecule has 2 heterocycles. The number of fused-ring (bicyclic) bond motifs is 1. The van der Waals surface area contributed by atoms with Crippen LogP contribution < -0.4 is 0 Å². The summed E-state index contributed by atoms with van der Waals surface area (Å²) in [5.74, 6) is -0.464. The fourth-order valence-electron chi connectivity index (χ4n) is 1.35. The molecule has 0 saturated carbocycles. The van der Waals surface area contributed by atoms with E-state index in [0.29, 0.717) is 17.4 Å². The van der Waals surface area contributed by atoms with Crippen LogP contribution in [0, 0.1) is 12.9 Å². The number of hydrogen-bond acceptors (Lipinski definition) is 2. The van der Waals surface area contributed by atoms with Gasteiger partial charge in [0.1, 0.15) is 0 Å². The fraction of sp³-hybridized carbons (Fsp3) is 0.111. The van der Waals surface area contributed by atoms with E-state index in [2.05, 4.69) is 5.10 Å². The van der Waals surface area contributed by atoms with Crippen molar-refractivity contribution in [2.75, 3.05) is 0 Å². The van der Waals surface area contributed by atoms with Crippen molar-refractivity contribution in [3.8, 4) is 0 Å². The number of halogens is 1. The Morgan fingerprint density at radius 3 is 3.00 bits per heavy atom. The van der Waals surface area contributed by atoms with E-state index in [1.165, 1.54) is 12.3 Å². The molecule has 0 N–H and O–H groups in total. The highest BCUT2D eigenvalue weighted by Gasteiger charge is 2.08.